The van der Waals surface area contributed by atoms with E-state index < -0.39 is 5.54 Å². The predicted octanol–water partition coefficient (Wildman–Crippen LogP) is 3.70. The van der Waals surface area contributed by atoms with Crippen molar-refractivity contribution < 1.29 is 14.3 Å². The van der Waals surface area contributed by atoms with E-state index in [1.165, 1.54) is 17.1 Å². The Morgan fingerprint density at radius 3 is 1.90 bits per heavy atom. The third kappa shape index (κ3) is 6.00. The van der Waals surface area contributed by atoms with Crippen LogP contribution >= 0.6 is 0 Å². The summed E-state index contributed by atoms with van der Waals surface area (Å²) in [6.07, 6.45) is 5.36. The quantitative estimate of drug-likeness (QED) is 0.673. The van der Waals surface area contributed by atoms with Gasteiger partial charge in [-0.1, -0.05) is 27.2 Å². The number of hydrogen-bond donors (Lipinski definition) is 0. The van der Waals surface area contributed by atoms with Gasteiger partial charge in [0, 0.05) is 24.3 Å². The number of nitrogens with zero attached hydrogens (tertiary/aromatic N) is 1. The molecular weight excluding hydrogens is 266 g/mol. The Kier molecular flexibility index (Phi) is 7.86. The highest BCUT2D eigenvalue weighted by Crippen LogP contribution is 2.25. The third-order valence-corrected chi connectivity index (χ3v) is 3.47. The van der Waals surface area contributed by atoms with Crippen molar-refractivity contribution in [2.75, 3.05) is 6.61 Å². The van der Waals surface area contributed by atoms with Crippen molar-refractivity contribution in [1.82, 2.24) is 4.90 Å². The van der Waals surface area contributed by atoms with Gasteiger partial charge in [0.05, 0.1) is 5.60 Å². The second kappa shape index (κ2) is 8.32. The first-order valence-electron chi connectivity index (χ1n) is 7.90. The van der Waals surface area contributed by atoms with Gasteiger partial charge in [0.25, 0.3) is 11.8 Å². The number of rotatable bonds is 7. The molecule has 1 aliphatic heterocycles. The molecule has 0 radical (unpaired) electrons. The monoisotopic (exact) mass is 297 g/mol. The molecule has 0 fully saturated rings. The highest BCUT2D eigenvalue weighted by atomic mass is 16.5. The number of amides is 2. The molecule has 0 aromatic rings. The first kappa shape index (κ1) is 19.8. The van der Waals surface area contributed by atoms with Gasteiger partial charge in [0.2, 0.25) is 0 Å². The van der Waals surface area contributed by atoms with Gasteiger partial charge in [-0.3, -0.25) is 14.5 Å². The largest absolute Gasteiger partial charge is 0.375 e. The Hall–Kier alpha value is -1.16. The molecule has 0 atom stereocenters. The van der Waals surface area contributed by atoms with Gasteiger partial charge in [0.15, 0.2) is 0 Å². The maximum Gasteiger partial charge on any atom is 0.254 e. The molecule has 2 amide bonds. The number of ether oxygens (including phenoxy) is 1. The van der Waals surface area contributed by atoms with E-state index in [0.717, 1.165) is 12.8 Å². The lowest BCUT2D eigenvalue weighted by Gasteiger charge is -2.35. The van der Waals surface area contributed by atoms with Gasteiger partial charge in [-0.15, -0.1) is 0 Å². The van der Waals surface area contributed by atoms with Crippen LogP contribution in [0.3, 0.4) is 0 Å². The standard InChI is InChI=1S/C15H25NO3.C2H6/c1-6-9-15(4,5)19-11-10-14(2,3)16-12(17)7-8-13(16)18;1-2/h7-8H,6,9-11H2,1-5H3;1-2H3. The summed E-state index contributed by atoms with van der Waals surface area (Å²) in [6.45, 7) is 14.6. The molecule has 0 spiro atoms. The smallest absolute Gasteiger partial charge is 0.254 e. The van der Waals surface area contributed by atoms with Crippen LogP contribution in [0.15, 0.2) is 12.2 Å². The zero-order valence-electron chi connectivity index (χ0n) is 14.7. The molecule has 1 rings (SSSR count). The lowest BCUT2D eigenvalue weighted by atomic mass is 9.98. The summed E-state index contributed by atoms with van der Waals surface area (Å²) in [5, 5.41) is 0. The summed E-state index contributed by atoms with van der Waals surface area (Å²) in [6, 6.07) is 0. The zero-order valence-corrected chi connectivity index (χ0v) is 14.7. The summed E-state index contributed by atoms with van der Waals surface area (Å²) < 4.78 is 5.87. The fourth-order valence-corrected chi connectivity index (χ4v) is 2.36. The first-order valence-corrected chi connectivity index (χ1v) is 7.90. The average Bonchev–Trinajstić information content (AvgIpc) is 2.71. The van der Waals surface area contributed by atoms with Crippen molar-refractivity contribution in [2.45, 2.75) is 78.9 Å². The minimum Gasteiger partial charge on any atom is -0.375 e. The topological polar surface area (TPSA) is 46.6 Å². The van der Waals surface area contributed by atoms with Crippen molar-refractivity contribution in [3.05, 3.63) is 12.2 Å². The van der Waals surface area contributed by atoms with Crippen LogP contribution in [0.25, 0.3) is 0 Å². The molecule has 1 heterocycles. The van der Waals surface area contributed by atoms with E-state index in [-0.39, 0.29) is 17.4 Å². The molecule has 0 unspecified atom stereocenters. The normalized spacial score (nSPS) is 15.3. The van der Waals surface area contributed by atoms with E-state index in [0.29, 0.717) is 13.0 Å². The van der Waals surface area contributed by atoms with Crippen molar-refractivity contribution in [2.24, 2.45) is 0 Å². The zero-order chi connectivity index (χ0) is 16.7. The highest BCUT2D eigenvalue weighted by molar-refractivity contribution is 6.13. The van der Waals surface area contributed by atoms with Gasteiger partial charge < -0.3 is 4.74 Å². The van der Waals surface area contributed by atoms with Crippen LogP contribution in [0.5, 0.6) is 0 Å². The molecule has 21 heavy (non-hydrogen) atoms. The summed E-state index contributed by atoms with van der Waals surface area (Å²) in [5.74, 6) is -0.467. The molecule has 0 bridgehead atoms. The lowest BCUT2D eigenvalue weighted by Crippen LogP contribution is -2.48. The summed E-state index contributed by atoms with van der Waals surface area (Å²) in [7, 11) is 0. The van der Waals surface area contributed by atoms with E-state index in [1.54, 1.807) is 0 Å². The summed E-state index contributed by atoms with van der Waals surface area (Å²) >= 11 is 0. The SMILES string of the molecule is CC.CCCC(C)(C)OCCC(C)(C)N1C(=O)C=CC1=O. The van der Waals surface area contributed by atoms with Crippen LogP contribution < -0.4 is 0 Å². The predicted molar refractivity (Wildman–Crippen MR) is 86.0 cm³/mol. The van der Waals surface area contributed by atoms with Crippen LogP contribution in [0.1, 0.15) is 67.7 Å². The van der Waals surface area contributed by atoms with Gasteiger partial charge >= 0.3 is 0 Å². The molecular formula is C17H31NO3. The van der Waals surface area contributed by atoms with Crippen molar-refractivity contribution in [3.63, 3.8) is 0 Å². The fourth-order valence-electron chi connectivity index (χ4n) is 2.36. The fraction of sp³-hybridized carbons (Fsp3) is 0.765. The molecule has 0 saturated heterocycles. The number of carbonyl (C=O) groups is 2. The Labute approximate surface area is 129 Å². The van der Waals surface area contributed by atoms with Gasteiger partial charge in [-0.05, 0) is 40.5 Å². The van der Waals surface area contributed by atoms with Crippen molar-refractivity contribution in [1.29, 1.82) is 0 Å². The highest BCUT2D eigenvalue weighted by Gasteiger charge is 2.37. The molecule has 0 saturated carbocycles. The lowest BCUT2D eigenvalue weighted by molar-refractivity contribution is -0.144. The van der Waals surface area contributed by atoms with Gasteiger partial charge in [-0.25, -0.2) is 0 Å². The Morgan fingerprint density at radius 2 is 1.48 bits per heavy atom. The van der Waals surface area contributed by atoms with Crippen molar-refractivity contribution in [3.8, 4) is 0 Å². The van der Waals surface area contributed by atoms with Crippen LogP contribution in [0.4, 0.5) is 0 Å². The van der Waals surface area contributed by atoms with Crippen LogP contribution in [0, 0.1) is 0 Å². The first-order chi connectivity index (χ1) is 9.69. The molecule has 0 N–H and O–H groups in total. The van der Waals surface area contributed by atoms with Crippen LogP contribution in [-0.4, -0.2) is 34.5 Å². The van der Waals surface area contributed by atoms with Crippen LogP contribution in [0.2, 0.25) is 0 Å². The number of hydrogen-bond acceptors (Lipinski definition) is 3. The molecule has 1 aliphatic rings. The van der Waals surface area contributed by atoms with E-state index in [1.807, 2.05) is 27.7 Å². The minimum atomic E-state index is -0.514. The Balaban J connectivity index is 0.00000191. The molecule has 4 nitrogen and oxygen atoms in total. The molecule has 122 valence electrons. The molecule has 0 aliphatic carbocycles. The van der Waals surface area contributed by atoms with E-state index in [9.17, 15) is 9.59 Å². The Morgan fingerprint density at radius 1 is 1.00 bits per heavy atom. The summed E-state index contributed by atoms with van der Waals surface area (Å²) in [4.78, 5) is 24.7. The third-order valence-electron chi connectivity index (χ3n) is 3.47. The number of imide groups is 1. The van der Waals surface area contributed by atoms with Crippen LogP contribution in [-0.2, 0) is 14.3 Å². The van der Waals surface area contributed by atoms with E-state index in [4.69, 9.17) is 4.74 Å². The minimum absolute atomic E-state index is 0.151. The maximum absolute atomic E-state index is 11.7. The molecule has 0 aromatic carbocycles. The molecule has 4 heteroatoms. The average molecular weight is 297 g/mol. The molecule has 0 aromatic heterocycles. The number of carbonyl (C=O) groups excluding carboxylic acids is 2. The van der Waals surface area contributed by atoms with Gasteiger partial charge in [0.1, 0.15) is 0 Å². The second-order valence-electron chi connectivity index (χ2n) is 6.27. The van der Waals surface area contributed by atoms with Gasteiger partial charge in [-0.2, -0.15) is 0 Å². The van der Waals surface area contributed by atoms with E-state index >= 15 is 0 Å². The maximum atomic E-state index is 11.7. The summed E-state index contributed by atoms with van der Waals surface area (Å²) in [5.41, 5.74) is -0.665. The van der Waals surface area contributed by atoms with Crippen molar-refractivity contribution >= 4 is 11.8 Å². The second-order valence-corrected chi connectivity index (χ2v) is 6.27. The Bertz CT molecular complexity index is 365. The van der Waals surface area contributed by atoms with E-state index in [2.05, 4.69) is 20.8 Å².